The first-order valence-electron chi connectivity index (χ1n) is 9.72. The number of carboxylic acids is 1. The molecule has 0 spiro atoms. The summed E-state index contributed by atoms with van der Waals surface area (Å²) in [6.07, 6.45) is 3.19. The van der Waals surface area contributed by atoms with Crippen LogP contribution in [0.4, 0.5) is 0 Å². The first kappa shape index (κ1) is 25.4. The number of fused-ring (bicyclic) bond motifs is 1. The number of pyridine rings is 1. The summed E-state index contributed by atoms with van der Waals surface area (Å²) >= 11 is 3.23. The van der Waals surface area contributed by atoms with Crippen molar-refractivity contribution in [2.24, 2.45) is 0 Å². The molecule has 2 amide bonds. The number of hydrogen-bond donors (Lipinski definition) is 4. The number of β-lactam (4-membered cyclic amide) rings is 1. The van der Waals surface area contributed by atoms with Gasteiger partial charge in [0.2, 0.25) is 11.1 Å². The van der Waals surface area contributed by atoms with Crippen molar-refractivity contribution in [1.29, 1.82) is 0 Å². The van der Waals surface area contributed by atoms with Gasteiger partial charge in [0.1, 0.15) is 17.1 Å². The van der Waals surface area contributed by atoms with Gasteiger partial charge in [-0.25, -0.2) is 4.79 Å². The van der Waals surface area contributed by atoms with Gasteiger partial charge in [-0.3, -0.25) is 24.0 Å². The highest BCUT2D eigenvalue weighted by atomic mass is 32.2. The molecule has 0 bridgehead atoms. The Kier molecular flexibility index (Phi) is 7.64. The van der Waals surface area contributed by atoms with E-state index in [1.807, 2.05) is 0 Å². The molecule has 18 heteroatoms. The molecule has 0 aliphatic carbocycles. The smallest absolute Gasteiger partial charge is 0.352 e. The van der Waals surface area contributed by atoms with Crippen molar-refractivity contribution in [3.05, 3.63) is 35.8 Å². The zero-order valence-corrected chi connectivity index (χ0v) is 20.7. The van der Waals surface area contributed by atoms with Gasteiger partial charge in [-0.15, -0.1) is 33.7 Å². The van der Waals surface area contributed by atoms with Crippen LogP contribution < -0.4 is 5.32 Å². The SMILES string of the molecule is O=C(CSc1ccncc1)NC1C(=O)N2C(C(=O)O)=C(C(CS(=O)(=O)O)Sc3nn[nH]n3)CS[C@@H]12. The van der Waals surface area contributed by atoms with Crippen molar-refractivity contribution in [2.75, 3.05) is 17.3 Å². The lowest BCUT2D eigenvalue weighted by Gasteiger charge is -2.50. The fourth-order valence-electron chi connectivity index (χ4n) is 3.41. The van der Waals surface area contributed by atoms with E-state index in [-0.39, 0.29) is 27.9 Å². The Bertz CT molecular complexity index is 1260. The van der Waals surface area contributed by atoms with Crippen LogP contribution in [0.5, 0.6) is 0 Å². The Labute approximate surface area is 210 Å². The second-order valence-corrected chi connectivity index (χ2v) is 12.0. The monoisotopic (exact) mass is 559 g/mol. The van der Waals surface area contributed by atoms with Crippen molar-refractivity contribution in [1.82, 2.24) is 35.8 Å². The highest BCUT2D eigenvalue weighted by Crippen LogP contribution is 2.43. The van der Waals surface area contributed by atoms with E-state index in [0.717, 1.165) is 21.6 Å². The Hall–Kier alpha value is -2.67. The summed E-state index contributed by atoms with van der Waals surface area (Å²) in [6.45, 7) is 0. The number of rotatable bonds is 10. The molecule has 1 saturated heterocycles. The summed E-state index contributed by atoms with van der Waals surface area (Å²) in [4.78, 5) is 43.1. The molecule has 2 aromatic rings. The van der Waals surface area contributed by atoms with Crippen LogP contribution >= 0.6 is 35.3 Å². The average molecular weight is 560 g/mol. The average Bonchev–Trinajstić information content (AvgIpc) is 3.32. The van der Waals surface area contributed by atoms with Gasteiger partial charge >= 0.3 is 5.97 Å². The maximum atomic E-state index is 12.9. The lowest BCUT2D eigenvalue weighted by atomic mass is 10.0. The molecule has 4 heterocycles. The quantitative estimate of drug-likeness (QED) is 0.164. The molecule has 14 nitrogen and oxygen atoms in total. The van der Waals surface area contributed by atoms with Crippen LogP contribution in [-0.4, -0.2) is 100 Å². The fourth-order valence-corrected chi connectivity index (χ4v) is 7.78. The lowest BCUT2D eigenvalue weighted by molar-refractivity contribution is -0.150. The van der Waals surface area contributed by atoms with Gasteiger partial charge in [-0.05, 0) is 22.9 Å². The number of carbonyl (C=O) groups is 3. The van der Waals surface area contributed by atoms with E-state index < -0.39 is 50.3 Å². The number of nitrogens with zero attached hydrogens (tertiary/aromatic N) is 5. The van der Waals surface area contributed by atoms with Crippen molar-refractivity contribution in [3.8, 4) is 0 Å². The van der Waals surface area contributed by atoms with Gasteiger partial charge < -0.3 is 10.4 Å². The Morgan fingerprint density at radius 3 is 2.71 bits per heavy atom. The Morgan fingerprint density at radius 2 is 2.09 bits per heavy atom. The number of thioether (sulfide) groups is 3. The molecule has 35 heavy (non-hydrogen) atoms. The largest absolute Gasteiger partial charge is 0.477 e. The minimum absolute atomic E-state index is 0.0368. The van der Waals surface area contributed by atoms with Crippen LogP contribution in [0.2, 0.25) is 0 Å². The van der Waals surface area contributed by atoms with Crippen LogP contribution in [0.1, 0.15) is 0 Å². The van der Waals surface area contributed by atoms with Gasteiger partial charge in [-0.1, -0.05) is 11.8 Å². The number of amides is 2. The van der Waals surface area contributed by atoms with E-state index in [4.69, 9.17) is 0 Å². The van der Waals surface area contributed by atoms with E-state index in [1.165, 1.54) is 23.5 Å². The summed E-state index contributed by atoms with van der Waals surface area (Å²) in [5.74, 6) is -3.19. The molecule has 0 radical (unpaired) electrons. The number of nitrogens with one attached hydrogen (secondary N) is 2. The van der Waals surface area contributed by atoms with Crippen molar-refractivity contribution < 1.29 is 32.5 Å². The maximum Gasteiger partial charge on any atom is 0.352 e. The molecule has 0 saturated carbocycles. The molecule has 3 atom stereocenters. The number of tetrazole rings is 1. The van der Waals surface area contributed by atoms with Gasteiger partial charge in [0.25, 0.3) is 16.0 Å². The van der Waals surface area contributed by atoms with Crippen LogP contribution in [0.15, 0.2) is 45.8 Å². The van der Waals surface area contributed by atoms with Crippen molar-refractivity contribution >= 4 is 63.2 Å². The van der Waals surface area contributed by atoms with E-state index in [0.29, 0.717) is 0 Å². The second-order valence-electron chi connectivity index (χ2n) is 7.16. The zero-order valence-electron chi connectivity index (χ0n) is 17.5. The molecule has 2 aliphatic rings. The topological polar surface area (TPSA) is 208 Å². The van der Waals surface area contributed by atoms with Crippen LogP contribution in [0.25, 0.3) is 0 Å². The molecule has 2 aliphatic heterocycles. The van der Waals surface area contributed by atoms with E-state index in [1.54, 1.807) is 24.5 Å². The molecular weight excluding hydrogens is 542 g/mol. The fraction of sp³-hybridized carbons (Fsp3) is 0.353. The number of aromatic amines is 1. The number of carbonyl (C=O) groups excluding carboxylic acids is 2. The Morgan fingerprint density at radius 1 is 1.34 bits per heavy atom. The van der Waals surface area contributed by atoms with Gasteiger partial charge in [-0.2, -0.15) is 13.6 Å². The third kappa shape index (κ3) is 5.95. The third-order valence-corrected chi connectivity index (χ3v) is 9.26. The molecular formula is C17H17N7O7S4. The van der Waals surface area contributed by atoms with E-state index in [9.17, 15) is 32.5 Å². The first-order chi connectivity index (χ1) is 16.6. The number of H-pyrrole nitrogens is 1. The molecule has 4 rings (SSSR count). The van der Waals surface area contributed by atoms with E-state index in [2.05, 4.69) is 30.9 Å². The molecule has 4 N–H and O–H groups in total. The first-order valence-corrected chi connectivity index (χ1v) is 14.2. The molecule has 1 fully saturated rings. The summed E-state index contributed by atoms with van der Waals surface area (Å²) in [5, 5.41) is 23.8. The van der Waals surface area contributed by atoms with Crippen LogP contribution in [0.3, 0.4) is 0 Å². The van der Waals surface area contributed by atoms with Crippen LogP contribution in [0, 0.1) is 0 Å². The lowest BCUT2D eigenvalue weighted by Crippen LogP contribution is -2.71. The Balaban J connectivity index is 1.51. The highest BCUT2D eigenvalue weighted by molar-refractivity contribution is 8.01. The van der Waals surface area contributed by atoms with Gasteiger partial charge in [0.05, 0.1) is 16.8 Å². The second kappa shape index (κ2) is 10.5. The number of carboxylic acid groups (broad SMARTS) is 1. The maximum absolute atomic E-state index is 12.9. The molecule has 186 valence electrons. The van der Waals surface area contributed by atoms with E-state index >= 15 is 0 Å². The van der Waals surface area contributed by atoms with Crippen molar-refractivity contribution in [3.63, 3.8) is 0 Å². The predicted molar refractivity (Wildman–Crippen MR) is 125 cm³/mol. The summed E-state index contributed by atoms with van der Waals surface area (Å²) in [6, 6.07) is 2.56. The number of aromatic nitrogens is 5. The summed E-state index contributed by atoms with van der Waals surface area (Å²) < 4.78 is 32.7. The zero-order chi connectivity index (χ0) is 25.2. The molecule has 0 aromatic carbocycles. The van der Waals surface area contributed by atoms with Gasteiger partial charge in [0, 0.05) is 23.0 Å². The normalized spacial score (nSPS) is 20.7. The molecule has 2 aromatic heterocycles. The minimum Gasteiger partial charge on any atom is -0.477 e. The van der Waals surface area contributed by atoms with Crippen LogP contribution in [-0.2, 0) is 24.5 Å². The molecule has 2 unspecified atom stereocenters. The number of aliphatic carboxylic acids is 1. The summed E-state index contributed by atoms with van der Waals surface area (Å²) in [5.41, 5.74) is -0.280. The highest BCUT2D eigenvalue weighted by Gasteiger charge is 2.55. The standard InChI is InChI=1S/C17H17N7O7S4/c25-11(6-32-8-1-3-18-4-2-8)19-12-14(26)24-13(16(27)28)9(5-33-15(12)24)10(7-35(29,30)31)34-17-20-22-23-21-17/h1-4,10,12,15H,5-7H2,(H,19,25)(H,27,28)(H,29,30,31)(H,20,21,22,23)/t10?,12?,15-/m0/s1. The summed E-state index contributed by atoms with van der Waals surface area (Å²) in [7, 11) is -4.52. The predicted octanol–water partition coefficient (Wildman–Crippen LogP) is -0.526. The van der Waals surface area contributed by atoms with Gasteiger partial charge in [0.15, 0.2) is 0 Å². The third-order valence-electron chi connectivity index (χ3n) is 4.86. The minimum atomic E-state index is -4.52. The van der Waals surface area contributed by atoms with Crippen molar-refractivity contribution in [2.45, 2.75) is 26.7 Å². The number of hydrogen-bond acceptors (Lipinski definition) is 12.